The molecule has 2 N–H and O–H groups in total. The molecule has 0 amide bonds. The number of rotatable bonds is 9. The van der Waals surface area contributed by atoms with Crippen LogP contribution in [0.25, 0.3) is 10.9 Å². The van der Waals surface area contributed by atoms with Gasteiger partial charge in [-0.1, -0.05) is 33.0 Å². The highest BCUT2D eigenvalue weighted by Gasteiger charge is 2.27. The first-order chi connectivity index (χ1) is 21.4. The van der Waals surface area contributed by atoms with Crippen LogP contribution in [0, 0.1) is 0 Å². The van der Waals surface area contributed by atoms with Crippen molar-refractivity contribution in [2.45, 2.75) is 32.2 Å². The smallest absolute Gasteiger partial charge is 0.229 e. The van der Waals surface area contributed by atoms with Gasteiger partial charge in [-0.3, -0.25) is 9.88 Å². The number of para-hydroxylation sites is 1. The molecule has 2 aromatic heterocycles. The van der Waals surface area contributed by atoms with Crippen LogP contribution in [0.2, 0.25) is 0 Å². The predicted molar refractivity (Wildman–Crippen MR) is 186 cm³/mol. The summed E-state index contributed by atoms with van der Waals surface area (Å²) in [5, 5.41) is 9.41. The average molecular weight is 679 g/mol. The van der Waals surface area contributed by atoms with Crippen LogP contribution in [0.3, 0.4) is 0 Å². The summed E-state index contributed by atoms with van der Waals surface area (Å²) < 4.78 is 12.2. The van der Waals surface area contributed by atoms with Gasteiger partial charge < -0.3 is 25.0 Å². The van der Waals surface area contributed by atoms with Gasteiger partial charge in [0, 0.05) is 60.9 Å². The van der Waals surface area contributed by atoms with Crippen LogP contribution >= 0.6 is 23.9 Å². The van der Waals surface area contributed by atoms with E-state index in [1.54, 1.807) is 13.3 Å². The Kier molecular flexibility index (Phi) is 9.81. The zero-order valence-corrected chi connectivity index (χ0v) is 28.4. The minimum Gasteiger partial charge on any atom is -0.494 e. The second-order valence-electron chi connectivity index (χ2n) is 11.5. The van der Waals surface area contributed by atoms with Crippen molar-refractivity contribution in [2.24, 2.45) is 0 Å². The fourth-order valence-corrected chi connectivity index (χ4v) is 7.89. The number of aryl methyl sites for hydroxylation is 1. The number of nitrogens with zero attached hydrogens (tertiary/aromatic N) is 5. The van der Waals surface area contributed by atoms with Crippen LogP contribution in [0.5, 0.6) is 5.75 Å². The van der Waals surface area contributed by atoms with E-state index in [4.69, 9.17) is 19.4 Å². The number of morpholine rings is 1. The molecule has 0 saturated carbocycles. The molecule has 0 atom stereocenters. The average Bonchev–Trinajstić information content (AvgIpc) is 3.06. The predicted octanol–water partition coefficient (Wildman–Crippen LogP) is 6.51. The zero-order chi connectivity index (χ0) is 30.6. The van der Waals surface area contributed by atoms with Crippen molar-refractivity contribution in [3.8, 4) is 5.75 Å². The lowest BCUT2D eigenvalue weighted by atomic mass is 10.00. The molecule has 2 aliphatic rings. The van der Waals surface area contributed by atoms with Crippen molar-refractivity contribution < 1.29 is 9.47 Å². The van der Waals surface area contributed by atoms with Crippen LogP contribution in [0.4, 0.5) is 28.8 Å². The standard InChI is InChI=1S/C33H41BrN7O2P/c1-5-22-18-27(30(42-2)19-29(22)41-12-10-23(11-13-41)40-14-16-43-17-15-40)38-33-36-20-25(34)32(39-33)37-28-21-35-26-9-7-6-8-24(26)31(28)44(3)4/h6-9,18-21,23H,5,10-17H2,1-4H3,(H2,36,37,38,39). The van der Waals surface area contributed by atoms with Gasteiger partial charge in [-0.15, -0.1) is 0 Å². The Morgan fingerprint density at radius 1 is 1.00 bits per heavy atom. The van der Waals surface area contributed by atoms with Crippen molar-refractivity contribution in [2.75, 3.05) is 75.4 Å². The molecule has 44 heavy (non-hydrogen) atoms. The van der Waals surface area contributed by atoms with Gasteiger partial charge in [-0.2, -0.15) is 4.98 Å². The van der Waals surface area contributed by atoms with Gasteiger partial charge in [0.2, 0.25) is 5.95 Å². The second kappa shape index (κ2) is 13.9. The van der Waals surface area contributed by atoms with Crippen LogP contribution in [0.15, 0.2) is 53.3 Å². The number of halogens is 1. The molecule has 11 heteroatoms. The molecule has 2 aliphatic heterocycles. The topological polar surface area (TPSA) is 87.7 Å². The maximum Gasteiger partial charge on any atom is 0.229 e. The summed E-state index contributed by atoms with van der Waals surface area (Å²) in [5.74, 6) is 1.94. The molecule has 0 spiro atoms. The van der Waals surface area contributed by atoms with Gasteiger partial charge in [0.05, 0.1) is 47.9 Å². The highest BCUT2D eigenvalue weighted by atomic mass is 79.9. The van der Waals surface area contributed by atoms with Gasteiger partial charge in [0.1, 0.15) is 11.6 Å². The molecule has 6 rings (SSSR count). The van der Waals surface area contributed by atoms with E-state index in [2.05, 4.69) is 91.9 Å². The van der Waals surface area contributed by atoms with Gasteiger partial charge >= 0.3 is 0 Å². The number of hydrogen-bond donors (Lipinski definition) is 2. The lowest BCUT2D eigenvalue weighted by molar-refractivity contribution is 0.0115. The van der Waals surface area contributed by atoms with Crippen molar-refractivity contribution in [3.05, 3.63) is 58.8 Å². The molecule has 0 bridgehead atoms. The first-order valence-electron chi connectivity index (χ1n) is 15.3. The van der Waals surface area contributed by atoms with E-state index in [0.29, 0.717) is 17.8 Å². The fraction of sp³-hybridized carbons (Fsp3) is 0.424. The summed E-state index contributed by atoms with van der Waals surface area (Å²) in [5.41, 5.74) is 5.33. The Hall–Kier alpha value is -3.04. The molecule has 4 heterocycles. The molecule has 0 aliphatic carbocycles. The summed E-state index contributed by atoms with van der Waals surface area (Å²) in [6, 6.07) is 13.3. The Morgan fingerprint density at radius 2 is 1.77 bits per heavy atom. The van der Waals surface area contributed by atoms with Crippen LogP contribution in [0.1, 0.15) is 25.3 Å². The number of nitrogens with one attached hydrogen (secondary N) is 2. The summed E-state index contributed by atoms with van der Waals surface area (Å²) >= 11 is 3.65. The number of hydrogen-bond acceptors (Lipinski definition) is 9. The van der Waals surface area contributed by atoms with Crippen molar-refractivity contribution in [1.29, 1.82) is 0 Å². The van der Waals surface area contributed by atoms with Crippen molar-refractivity contribution in [3.63, 3.8) is 0 Å². The SMILES string of the molecule is CCc1cc(Nc2ncc(Br)c(Nc3cnc4ccccc4c3P(C)C)n2)c(OC)cc1N1CCC(N2CCOCC2)CC1. The highest BCUT2D eigenvalue weighted by Crippen LogP contribution is 2.38. The quantitative estimate of drug-likeness (QED) is 0.193. The first kappa shape index (κ1) is 31.0. The number of piperidine rings is 1. The molecule has 0 unspecified atom stereocenters. The monoisotopic (exact) mass is 677 g/mol. The van der Waals surface area contributed by atoms with Gasteiger partial charge in [-0.05, 0) is 66.2 Å². The molecule has 9 nitrogen and oxygen atoms in total. The second-order valence-corrected chi connectivity index (χ2v) is 14.6. The number of methoxy groups -OCH3 is 1. The van der Waals surface area contributed by atoms with Gasteiger partial charge in [0.25, 0.3) is 0 Å². The van der Waals surface area contributed by atoms with E-state index in [1.807, 2.05) is 12.3 Å². The maximum absolute atomic E-state index is 5.90. The largest absolute Gasteiger partial charge is 0.494 e. The third-order valence-electron chi connectivity index (χ3n) is 8.59. The third kappa shape index (κ3) is 6.64. The fourth-order valence-electron chi connectivity index (χ4n) is 6.34. The Bertz CT molecular complexity index is 1610. The van der Waals surface area contributed by atoms with Crippen molar-refractivity contribution >= 4 is 68.9 Å². The minimum atomic E-state index is -0.402. The molecule has 4 aromatic rings. The van der Waals surface area contributed by atoms with Gasteiger partial charge in [-0.25, -0.2) is 4.98 Å². The van der Waals surface area contributed by atoms with E-state index in [1.165, 1.54) is 34.8 Å². The molecule has 2 aromatic carbocycles. The Morgan fingerprint density at radius 3 is 2.50 bits per heavy atom. The number of pyridine rings is 1. The minimum absolute atomic E-state index is 0.402. The van der Waals surface area contributed by atoms with E-state index in [-0.39, 0.29) is 0 Å². The molecular weight excluding hydrogens is 637 g/mol. The highest BCUT2D eigenvalue weighted by molar-refractivity contribution is 9.10. The van der Waals surface area contributed by atoms with Crippen LogP contribution < -0.4 is 25.6 Å². The maximum atomic E-state index is 5.90. The van der Waals surface area contributed by atoms with E-state index < -0.39 is 7.92 Å². The van der Waals surface area contributed by atoms with Crippen molar-refractivity contribution in [1.82, 2.24) is 19.9 Å². The first-order valence-corrected chi connectivity index (χ1v) is 18.4. The molecule has 232 valence electrons. The van der Waals surface area contributed by atoms with Gasteiger partial charge in [0.15, 0.2) is 0 Å². The third-order valence-corrected chi connectivity index (χ3v) is 10.5. The summed E-state index contributed by atoms with van der Waals surface area (Å²) in [6.45, 7) is 12.6. The lowest BCUT2D eigenvalue weighted by Crippen LogP contribution is -2.49. The number of ether oxygens (including phenoxy) is 2. The number of fused-ring (bicyclic) bond motifs is 1. The number of benzene rings is 2. The van der Waals surface area contributed by atoms with Crippen LogP contribution in [-0.4, -0.2) is 85.7 Å². The van der Waals surface area contributed by atoms with E-state index in [9.17, 15) is 0 Å². The van der Waals surface area contributed by atoms with E-state index >= 15 is 0 Å². The molecule has 2 saturated heterocycles. The zero-order valence-electron chi connectivity index (χ0n) is 25.9. The van der Waals surface area contributed by atoms with E-state index in [0.717, 1.165) is 72.9 Å². The lowest BCUT2D eigenvalue weighted by Gasteiger charge is -2.41. The Labute approximate surface area is 269 Å². The summed E-state index contributed by atoms with van der Waals surface area (Å²) in [7, 11) is 1.32. The molecule has 0 radical (unpaired) electrons. The normalized spacial score (nSPS) is 16.5. The summed E-state index contributed by atoms with van der Waals surface area (Å²) in [4.78, 5) is 19.3. The van der Waals surface area contributed by atoms with Crippen LogP contribution in [-0.2, 0) is 11.2 Å². The number of anilines is 5. The molecular formula is C33H41BrN7O2P. The molecule has 2 fully saturated rings. The summed E-state index contributed by atoms with van der Waals surface area (Å²) in [6.07, 6.45) is 6.92. The number of aromatic nitrogens is 3. The Balaban J connectivity index is 1.23.